The van der Waals surface area contributed by atoms with Gasteiger partial charge in [0.2, 0.25) is 0 Å². The first kappa shape index (κ1) is 17.2. The Morgan fingerprint density at radius 2 is 2.00 bits per heavy atom. The molecule has 118 valence electrons. The van der Waals surface area contributed by atoms with Gasteiger partial charge < -0.3 is 19.1 Å². The molecule has 1 rings (SSSR count). The predicted molar refractivity (Wildman–Crippen MR) is 77.9 cm³/mol. The Balaban J connectivity index is 2.46. The number of likely N-dealkylation sites (tertiary alicyclic amines) is 1. The van der Waals surface area contributed by atoms with Crippen molar-refractivity contribution in [1.82, 2.24) is 4.90 Å². The van der Waals surface area contributed by atoms with E-state index in [1.54, 1.807) is 12.0 Å². The number of piperidine rings is 1. The standard InChI is InChI=1S/C15H29NO4/c1-14(2,3)20-13(17)16-9-6-8-15(4,12-16)19-11-7-10-18-5/h6-12H2,1-5H3. The highest BCUT2D eigenvalue weighted by atomic mass is 16.6. The van der Waals surface area contributed by atoms with Crippen LogP contribution in [-0.2, 0) is 14.2 Å². The molecule has 0 aromatic heterocycles. The number of rotatable bonds is 5. The highest BCUT2D eigenvalue weighted by Gasteiger charge is 2.35. The number of carbonyl (C=O) groups excluding carboxylic acids is 1. The molecule has 1 aliphatic heterocycles. The van der Waals surface area contributed by atoms with Gasteiger partial charge in [0, 0.05) is 26.9 Å². The van der Waals surface area contributed by atoms with Crippen LogP contribution in [0.25, 0.3) is 0 Å². The van der Waals surface area contributed by atoms with Gasteiger partial charge in [-0.1, -0.05) is 0 Å². The molecule has 0 saturated carbocycles. The second-order valence-electron chi connectivity index (χ2n) is 6.65. The Hall–Kier alpha value is -0.810. The first-order valence-electron chi connectivity index (χ1n) is 7.37. The van der Waals surface area contributed by atoms with Crippen LogP contribution in [0.1, 0.15) is 47.0 Å². The van der Waals surface area contributed by atoms with E-state index in [2.05, 4.69) is 6.92 Å². The van der Waals surface area contributed by atoms with Crippen molar-refractivity contribution in [1.29, 1.82) is 0 Å². The Morgan fingerprint density at radius 3 is 2.60 bits per heavy atom. The maximum atomic E-state index is 12.1. The van der Waals surface area contributed by atoms with E-state index in [4.69, 9.17) is 14.2 Å². The molecule has 20 heavy (non-hydrogen) atoms. The summed E-state index contributed by atoms with van der Waals surface area (Å²) in [5.74, 6) is 0. The van der Waals surface area contributed by atoms with Crippen molar-refractivity contribution < 1.29 is 19.0 Å². The number of amides is 1. The zero-order valence-corrected chi connectivity index (χ0v) is 13.5. The fourth-order valence-electron chi connectivity index (χ4n) is 2.33. The largest absolute Gasteiger partial charge is 0.444 e. The highest BCUT2D eigenvalue weighted by Crippen LogP contribution is 2.26. The van der Waals surface area contributed by atoms with E-state index in [1.165, 1.54) is 0 Å². The second kappa shape index (κ2) is 7.27. The van der Waals surface area contributed by atoms with Crippen molar-refractivity contribution in [3.8, 4) is 0 Å². The van der Waals surface area contributed by atoms with Crippen LogP contribution in [-0.4, -0.2) is 55.6 Å². The lowest BCUT2D eigenvalue weighted by atomic mass is 9.95. The second-order valence-corrected chi connectivity index (χ2v) is 6.65. The maximum absolute atomic E-state index is 12.1. The highest BCUT2D eigenvalue weighted by molar-refractivity contribution is 5.68. The molecule has 0 aromatic carbocycles. The van der Waals surface area contributed by atoms with Crippen molar-refractivity contribution in [3.63, 3.8) is 0 Å². The molecule has 1 unspecified atom stereocenters. The maximum Gasteiger partial charge on any atom is 0.410 e. The number of hydrogen-bond acceptors (Lipinski definition) is 4. The lowest BCUT2D eigenvalue weighted by molar-refractivity contribution is -0.0829. The van der Waals surface area contributed by atoms with Crippen molar-refractivity contribution in [2.24, 2.45) is 0 Å². The molecule has 0 bridgehead atoms. The van der Waals surface area contributed by atoms with Crippen molar-refractivity contribution in [3.05, 3.63) is 0 Å². The van der Waals surface area contributed by atoms with Gasteiger partial charge in [0.15, 0.2) is 0 Å². The zero-order chi connectivity index (χ0) is 15.2. The minimum Gasteiger partial charge on any atom is -0.444 e. The van der Waals surface area contributed by atoms with Crippen LogP contribution in [0.4, 0.5) is 4.79 Å². The van der Waals surface area contributed by atoms with Gasteiger partial charge in [-0.2, -0.15) is 0 Å². The third kappa shape index (κ3) is 6.09. The molecule has 1 saturated heterocycles. The molecule has 1 fully saturated rings. The first-order chi connectivity index (χ1) is 9.26. The molecule has 1 amide bonds. The van der Waals surface area contributed by atoms with Crippen LogP contribution >= 0.6 is 0 Å². The topological polar surface area (TPSA) is 48.0 Å². The summed E-state index contributed by atoms with van der Waals surface area (Å²) in [7, 11) is 1.69. The number of ether oxygens (including phenoxy) is 3. The quantitative estimate of drug-likeness (QED) is 0.730. The zero-order valence-electron chi connectivity index (χ0n) is 13.5. The van der Waals surface area contributed by atoms with Crippen LogP contribution in [0.3, 0.4) is 0 Å². The normalized spacial score (nSPS) is 23.8. The minimum atomic E-state index is -0.454. The first-order valence-corrected chi connectivity index (χ1v) is 7.37. The van der Waals surface area contributed by atoms with Crippen LogP contribution < -0.4 is 0 Å². The molecule has 5 heteroatoms. The number of nitrogens with zero attached hydrogens (tertiary/aromatic N) is 1. The number of methoxy groups -OCH3 is 1. The summed E-state index contributed by atoms with van der Waals surface area (Å²) in [5, 5.41) is 0. The van der Waals surface area contributed by atoms with E-state index in [0.717, 1.165) is 25.8 Å². The van der Waals surface area contributed by atoms with Crippen molar-refractivity contribution >= 4 is 6.09 Å². The van der Waals surface area contributed by atoms with Gasteiger partial charge in [-0.15, -0.1) is 0 Å². The average Bonchev–Trinajstić information content (AvgIpc) is 2.33. The molecular formula is C15H29NO4. The smallest absolute Gasteiger partial charge is 0.410 e. The Labute approximate surface area is 122 Å². The third-order valence-electron chi connectivity index (χ3n) is 3.25. The molecule has 1 heterocycles. The monoisotopic (exact) mass is 287 g/mol. The van der Waals surface area contributed by atoms with Gasteiger partial charge in [-0.05, 0) is 47.0 Å². The van der Waals surface area contributed by atoms with E-state index in [9.17, 15) is 4.79 Å². The molecule has 1 atom stereocenters. The molecular weight excluding hydrogens is 258 g/mol. The minimum absolute atomic E-state index is 0.246. The summed E-state index contributed by atoms with van der Waals surface area (Å²) in [5.41, 5.74) is -0.729. The fourth-order valence-corrected chi connectivity index (χ4v) is 2.33. The van der Waals surface area contributed by atoms with Crippen molar-refractivity contribution in [2.45, 2.75) is 58.2 Å². The van der Waals surface area contributed by atoms with E-state index in [-0.39, 0.29) is 11.7 Å². The lowest BCUT2D eigenvalue weighted by Crippen LogP contribution is -2.51. The Kier molecular flexibility index (Phi) is 6.27. The van der Waals surface area contributed by atoms with Gasteiger partial charge in [0.1, 0.15) is 5.60 Å². The summed E-state index contributed by atoms with van der Waals surface area (Å²) in [6.45, 7) is 10.4. The van der Waals surface area contributed by atoms with Crippen LogP contribution in [0, 0.1) is 0 Å². The van der Waals surface area contributed by atoms with Gasteiger partial charge in [-0.25, -0.2) is 4.79 Å². The molecule has 0 radical (unpaired) electrons. The van der Waals surface area contributed by atoms with Gasteiger partial charge >= 0.3 is 6.09 Å². The summed E-state index contributed by atoms with van der Waals surface area (Å²) < 4.78 is 16.4. The Morgan fingerprint density at radius 1 is 1.30 bits per heavy atom. The summed E-state index contributed by atoms with van der Waals surface area (Å²) in [4.78, 5) is 13.9. The number of carbonyl (C=O) groups is 1. The molecule has 1 aliphatic rings. The van der Waals surface area contributed by atoms with Crippen molar-refractivity contribution in [2.75, 3.05) is 33.4 Å². The molecule has 0 spiro atoms. The SMILES string of the molecule is COCCCOC1(C)CCCN(C(=O)OC(C)(C)C)C1. The van der Waals surface area contributed by atoms with Gasteiger partial charge in [0.05, 0.1) is 12.1 Å². The summed E-state index contributed by atoms with van der Waals surface area (Å²) in [6, 6.07) is 0. The summed E-state index contributed by atoms with van der Waals surface area (Å²) in [6.07, 6.45) is 2.54. The van der Waals surface area contributed by atoms with E-state index >= 15 is 0 Å². The Bertz CT molecular complexity index is 313. The molecule has 0 N–H and O–H groups in total. The molecule has 0 aliphatic carbocycles. The van der Waals surface area contributed by atoms with Crippen LogP contribution in [0.5, 0.6) is 0 Å². The van der Waals surface area contributed by atoms with E-state index in [0.29, 0.717) is 19.8 Å². The van der Waals surface area contributed by atoms with Crippen LogP contribution in [0.2, 0.25) is 0 Å². The van der Waals surface area contributed by atoms with E-state index in [1.807, 2.05) is 20.8 Å². The molecule has 0 aromatic rings. The molecule has 5 nitrogen and oxygen atoms in total. The summed E-state index contributed by atoms with van der Waals surface area (Å²) >= 11 is 0. The fraction of sp³-hybridized carbons (Fsp3) is 0.933. The van der Waals surface area contributed by atoms with Gasteiger partial charge in [-0.3, -0.25) is 0 Å². The average molecular weight is 287 g/mol. The van der Waals surface area contributed by atoms with E-state index < -0.39 is 5.60 Å². The van der Waals surface area contributed by atoms with Gasteiger partial charge in [0.25, 0.3) is 0 Å². The predicted octanol–water partition coefficient (Wildman–Crippen LogP) is 2.83. The van der Waals surface area contributed by atoms with Crippen LogP contribution in [0.15, 0.2) is 0 Å². The third-order valence-corrected chi connectivity index (χ3v) is 3.25. The number of hydrogen-bond donors (Lipinski definition) is 0. The lowest BCUT2D eigenvalue weighted by Gasteiger charge is -2.40.